The van der Waals surface area contributed by atoms with Crippen molar-refractivity contribution in [1.29, 1.82) is 0 Å². The third kappa shape index (κ3) is 3.51. The molecule has 0 radical (unpaired) electrons. The van der Waals surface area contributed by atoms with Gasteiger partial charge in [0.15, 0.2) is 0 Å². The van der Waals surface area contributed by atoms with Crippen molar-refractivity contribution in [3.63, 3.8) is 0 Å². The van der Waals surface area contributed by atoms with Gasteiger partial charge in [-0.05, 0) is 37.6 Å². The Morgan fingerprint density at radius 3 is 2.92 bits per heavy atom. The molecule has 1 aliphatic heterocycles. The van der Waals surface area contributed by atoms with Crippen LogP contribution in [0.2, 0.25) is 0 Å². The highest BCUT2D eigenvalue weighted by molar-refractivity contribution is 5.55. The lowest BCUT2D eigenvalue weighted by Gasteiger charge is -2.26. The molecule has 24 heavy (non-hydrogen) atoms. The molecule has 7 nitrogen and oxygen atoms in total. The average molecular weight is 324 g/mol. The maximum Gasteiger partial charge on any atom is 0.234 e. The molecule has 4 rings (SSSR count). The van der Waals surface area contributed by atoms with Crippen molar-refractivity contribution in [2.75, 3.05) is 13.1 Å². The molecule has 0 saturated carbocycles. The molecule has 7 heteroatoms. The number of nitrogens with zero attached hydrogens (tertiary/aromatic N) is 5. The lowest BCUT2D eigenvalue weighted by atomic mass is 10.1. The minimum atomic E-state index is 0.459. The summed E-state index contributed by atoms with van der Waals surface area (Å²) in [4.78, 5) is 11.0. The molecular weight excluding hydrogens is 304 g/mol. The zero-order chi connectivity index (χ0) is 16.2. The molecule has 0 amide bonds. The monoisotopic (exact) mass is 324 g/mol. The summed E-state index contributed by atoms with van der Waals surface area (Å²) in [7, 11) is 0. The summed E-state index contributed by atoms with van der Waals surface area (Å²) in [5.74, 6) is 1.86. The highest BCUT2D eigenvalue weighted by atomic mass is 16.5. The van der Waals surface area contributed by atoms with Crippen LogP contribution < -0.4 is 0 Å². The van der Waals surface area contributed by atoms with Crippen LogP contribution in [0.25, 0.3) is 11.4 Å². The first kappa shape index (κ1) is 15.0. The summed E-state index contributed by atoms with van der Waals surface area (Å²) in [6, 6.07) is 8.38. The Bertz CT molecular complexity index is 776. The second-order valence-corrected chi connectivity index (χ2v) is 6.16. The topological polar surface area (TPSA) is 83.7 Å². The summed E-state index contributed by atoms with van der Waals surface area (Å²) in [5.41, 5.74) is 2.27. The van der Waals surface area contributed by atoms with E-state index >= 15 is 0 Å². The van der Waals surface area contributed by atoms with Crippen LogP contribution in [-0.4, -0.2) is 43.3 Å². The van der Waals surface area contributed by atoms with E-state index in [1.165, 1.54) is 44.2 Å². The molecule has 3 heterocycles. The van der Waals surface area contributed by atoms with Gasteiger partial charge < -0.3 is 4.52 Å². The van der Waals surface area contributed by atoms with E-state index in [1.54, 1.807) is 0 Å². The number of benzene rings is 1. The Balaban J connectivity index is 1.47. The molecule has 124 valence electrons. The minimum Gasteiger partial charge on any atom is -0.338 e. The summed E-state index contributed by atoms with van der Waals surface area (Å²) < 4.78 is 5.32. The van der Waals surface area contributed by atoms with Crippen LogP contribution >= 0.6 is 0 Å². The number of rotatable bonds is 5. The summed E-state index contributed by atoms with van der Waals surface area (Å²) >= 11 is 0. The maximum absolute atomic E-state index is 5.32. The standard InChI is InChI=1S/C17H20N6O/c1-2-7-23(8-3-1)11-13-5-4-6-14(9-13)17-20-16(24-22-17)10-15-18-12-19-21-15/h4-6,9,12H,1-3,7-8,10-11H2,(H,18,19,21). The highest BCUT2D eigenvalue weighted by Gasteiger charge is 2.13. The fraction of sp³-hybridized carbons (Fsp3) is 0.412. The predicted octanol–water partition coefficient (Wildman–Crippen LogP) is 2.43. The van der Waals surface area contributed by atoms with E-state index in [0.717, 1.165) is 12.1 Å². The van der Waals surface area contributed by atoms with Crippen LogP contribution in [0.3, 0.4) is 0 Å². The minimum absolute atomic E-state index is 0.459. The molecule has 1 N–H and O–H groups in total. The first-order valence-corrected chi connectivity index (χ1v) is 8.35. The average Bonchev–Trinajstić information content (AvgIpc) is 3.29. The molecular formula is C17H20N6O. The van der Waals surface area contributed by atoms with Gasteiger partial charge in [0.1, 0.15) is 12.2 Å². The Kier molecular flexibility index (Phi) is 4.33. The quantitative estimate of drug-likeness (QED) is 0.776. The Morgan fingerprint density at radius 2 is 2.08 bits per heavy atom. The molecule has 2 aromatic heterocycles. The van der Waals surface area contributed by atoms with Crippen molar-refractivity contribution in [2.24, 2.45) is 0 Å². The largest absolute Gasteiger partial charge is 0.338 e. The Labute approximate surface area is 140 Å². The number of aromatic nitrogens is 5. The van der Waals surface area contributed by atoms with Gasteiger partial charge in [-0.15, -0.1) is 0 Å². The molecule has 1 aliphatic rings. The smallest absolute Gasteiger partial charge is 0.234 e. The van der Waals surface area contributed by atoms with E-state index in [2.05, 4.69) is 48.4 Å². The summed E-state index contributed by atoms with van der Waals surface area (Å²) in [5, 5.41) is 10.7. The van der Waals surface area contributed by atoms with Crippen LogP contribution in [0.4, 0.5) is 0 Å². The van der Waals surface area contributed by atoms with E-state index in [1.807, 2.05) is 6.07 Å². The molecule has 0 unspecified atom stereocenters. The van der Waals surface area contributed by atoms with Crippen LogP contribution in [0, 0.1) is 0 Å². The van der Waals surface area contributed by atoms with Crippen molar-refractivity contribution in [2.45, 2.75) is 32.2 Å². The van der Waals surface area contributed by atoms with E-state index in [4.69, 9.17) is 4.52 Å². The SMILES string of the molecule is c1cc(CN2CCCCC2)cc(-c2noc(Cc3ncn[nH]3)n2)c1. The molecule has 1 aromatic carbocycles. The number of hydrogen-bond donors (Lipinski definition) is 1. The number of aromatic amines is 1. The van der Waals surface area contributed by atoms with Gasteiger partial charge in [-0.2, -0.15) is 10.1 Å². The molecule has 0 spiro atoms. The number of H-pyrrole nitrogens is 1. The van der Waals surface area contributed by atoms with Crippen molar-refractivity contribution >= 4 is 0 Å². The van der Waals surface area contributed by atoms with Gasteiger partial charge in [0.2, 0.25) is 11.7 Å². The van der Waals surface area contributed by atoms with E-state index < -0.39 is 0 Å². The number of hydrogen-bond acceptors (Lipinski definition) is 6. The van der Waals surface area contributed by atoms with Crippen LogP contribution in [0.1, 0.15) is 36.5 Å². The van der Waals surface area contributed by atoms with E-state index in [0.29, 0.717) is 24.0 Å². The summed E-state index contributed by atoms with van der Waals surface area (Å²) in [6.07, 6.45) is 5.88. The molecule has 0 aliphatic carbocycles. The highest BCUT2D eigenvalue weighted by Crippen LogP contribution is 2.20. The fourth-order valence-corrected chi connectivity index (χ4v) is 3.09. The third-order valence-corrected chi connectivity index (χ3v) is 4.29. The molecule has 3 aromatic rings. The number of piperidine rings is 1. The Hall–Kier alpha value is -2.54. The fourth-order valence-electron chi connectivity index (χ4n) is 3.09. The van der Waals surface area contributed by atoms with E-state index in [9.17, 15) is 0 Å². The van der Waals surface area contributed by atoms with Crippen molar-refractivity contribution < 1.29 is 4.52 Å². The first-order chi connectivity index (χ1) is 11.9. The Morgan fingerprint density at radius 1 is 1.17 bits per heavy atom. The second kappa shape index (κ2) is 6.92. The van der Waals surface area contributed by atoms with Crippen molar-refractivity contribution in [3.8, 4) is 11.4 Å². The zero-order valence-electron chi connectivity index (χ0n) is 13.5. The number of nitrogens with one attached hydrogen (secondary N) is 1. The molecule has 1 saturated heterocycles. The maximum atomic E-state index is 5.32. The van der Waals surface area contributed by atoms with Crippen LogP contribution in [-0.2, 0) is 13.0 Å². The second-order valence-electron chi connectivity index (χ2n) is 6.16. The molecule has 0 bridgehead atoms. The van der Waals surface area contributed by atoms with Gasteiger partial charge in [-0.3, -0.25) is 10.00 Å². The van der Waals surface area contributed by atoms with Gasteiger partial charge >= 0.3 is 0 Å². The van der Waals surface area contributed by atoms with Gasteiger partial charge in [0.25, 0.3) is 0 Å². The molecule has 1 fully saturated rings. The van der Waals surface area contributed by atoms with E-state index in [-0.39, 0.29) is 0 Å². The number of likely N-dealkylation sites (tertiary alicyclic amines) is 1. The lowest BCUT2D eigenvalue weighted by molar-refractivity contribution is 0.221. The van der Waals surface area contributed by atoms with Crippen molar-refractivity contribution in [3.05, 3.63) is 47.9 Å². The van der Waals surface area contributed by atoms with Crippen LogP contribution in [0.15, 0.2) is 35.1 Å². The van der Waals surface area contributed by atoms with Crippen LogP contribution in [0.5, 0.6) is 0 Å². The first-order valence-electron chi connectivity index (χ1n) is 8.35. The van der Waals surface area contributed by atoms with Gasteiger partial charge in [0.05, 0.1) is 6.42 Å². The normalized spacial score (nSPS) is 15.7. The third-order valence-electron chi connectivity index (χ3n) is 4.29. The predicted molar refractivity (Wildman–Crippen MR) is 88.1 cm³/mol. The zero-order valence-corrected chi connectivity index (χ0v) is 13.5. The lowest BCUT2D eigenvalue weighted by Crippen LogP contribution is -2.29. The summed E-state index contributed by atoms with van der Waals surface area (Å²) in [6.45, 7) is 3.36. The van der Waals surface area contributed by atoms with Gasteiger partial charge in [-0.1, -0.05) is 29.8 Å². The van der Waals surface area contributed by atoms with Gasteiger partial charge in [-0.25, -0.2) is 4.98 Å². The molecule has 0 atom stereocenters. The van der Waals surface area contributed by atoms with Crippen molar-refractivity contribution in [1.82, 2.24) is 30.2 Å². The van der Waals surface area contributed by atoms with Gasteiger partial charge in [0, 0.05) is 12.1 Å².